The van der Waals surface area contributed by atoms with Gasteiger partial charge in [-0.05, 0) is 60.6 Å². The van der Waals surface area contributed by atoms with Crippen molar-refractivity contribution in [2.75, 3.05) is 18.0 Å². The normalized spacial score (nSPS) is 25.1. The fraction of sp³-hybridized carbons (Fsp3) is 0.571. The van der Waals surface area contributed by atoms with Gasteiger partial charge in [0.15, 0.2) is 0 Å². The van der Waals surface area contributed by atoms with Gasteiger partial charge in [0.2, 0.25) is 0 Å². The van der Waals surface area contributed by atoms with Gasteiger partial charge in [0.25, 0.3) is 0 Å². The van der Waals surface area contributed by atoms with Crippen LogP contribution in [0, 0.1) is 10.5 Å². The lowest BCUT2D eigenvalue weighted by Gasteiger charge is -2.41. The summed E-state index contributed by atoms with van der Waals surface area (Å²) in [5.41, 5.74) is 2.83. The molecule has 1 aliphatic rings. The zero-order chi connectivity index (χ0) is 12.4. The Morgan fingerprint density at radius 2 is 2.24 bits per heavy atom. The smallest absolute Gasteiger partial charge is 0.0412 e. The molecule has 0 bridgehead atoms. The van der Waals surface area contributed by atoms with Crippen LogP contribution in [-0.2, 0) is 0 Å². The van der Waals surface area contributed by atoms with E-state index in [9.17, 15) is 0 Å². The Morgan fingerprint density at radius 3 is 2.94 bits per heavy atom. The molecule has 1 heterocycles. The monoisotopic (exact) mass is 344 g/mol. The summed E-state index contributed by atoms with van der Waals surface area (Å²) in [7, 11) is 0. The number of nitrogens with one attached hydrogen (secondary N) is 1. The molecule has 2 rings (SSSR count). The summed E-state index contributed by atoms with van der Waals surface area (Å²) in [6, 6.07) is 7.83. The fourth-order valence-corrected chi connectivity index (χ4v) is 3.01. The molecule has 1 aromatic carbocycles. The highest BCUT2D eigenvalue weighted by Crippen LogP contribution is 2.28. The van der Waals surface area contributed by atoms with Crippen molar-refractivity contribution in [3.8, 4) is 0 Å². The van der Waals surface area contributed by atoms with Gasteiger partial charge in [-0.1, -0.05) is 13.0 Å². The second-order valence-electron chi connectivity index (χ2n) is 4.91. The van der Waals surface area contributed by atoms with Crippen LogP contribution in [0.4, 0.5) is 5.69 Å². The number of hydrogen-bond donors (Lipinski definition) is 1. The van der Waals surface area contributed by atoms with Crippen LogP contribution < -0.4 is 10.2 Å². The molecule has 2 nitrogen and oxygen atoms in total. The molecule has 1 aliphatic heterocycles. The van der Waals surface area contributed by atoms with E-state index in [-0.39, 0.29) is 0 Å². The van der Waals surface area contributed by atoms with Crippen LogP contribution in [0.1, 0.15) is 25.8 Å². The summed E-state index contributed by atoms with van der Waals surface area (Å²) < 4.78 is 1.36. The molecule has 2 unspecified atom stereocenters. The highest BCUT2D eigenvalue weighted by molar-refractivity contribution is 14.1. The van der Waals surface area contributed by atoms with Crippen LogP contribution in [-0.4, -0.2) is 25.2 Å². The zero-order valence-electron chi connectivity index (χ0n) is 10.8. The summed E-state index contributed by atoms with van der Waals surface area (Å²) >= 11 is 2.43. The first kappa shape index (κ1) is 13.1. The van der Waals surface area contributed by atoms with Crippen molar-refractivity contribution in [2.24, 2.45) is 0 Å². The van der Waals surface area contributed by atoms with E-state index in [2.05, 4.69) is 71.8 Å². The Morgan fingerprint density at radius 1 is 1.47 bits per heavy atom. The average Bonchev–Trinajstić information content (AvgIpc) is 2.33. The van der Waals surface area contributed by atoms with Crippen molar-refractivity contribution >= 4 is 28.3 Å². The first-order valence-electron chi connectivity index (χ1n) is 6.38. The van der Waals surface area contributed by atoms with E-state index in [1.54, 1.807) is 0 Å². The Hall–Kier alpha value is -0.290. The van der Waals surface area contributed by atoms with E-state index >= 15 is 0 Å². The lowest BCUT2D eigenvalue weighted by Crippen LogP contribution is -2.55. The predicted molar refractivity (Wildman–Crippen MR) is 82.8 cm³/mol. The zero-order valence-corrected chi connectivity index (χ0v) is 13.0. The Bertz CT molecular complexity index is 392. The van der Waals surface area contributed by atoms with Crippen molar-refractivity contribution in [3.63, 3.8) is 0 Å². The quantitative estimate of drug-likeness (QED) is 0.829. The molecule has 0 amide bonds. The molecule has 0 aliphatic carbocycles. The number of nitrogens with zero attached hydrogens (tertiary/aromatic N) is 1. The largest absolute Gasteiger partial charge is 0.365 e. The van der Waals surface area contributed by atoms with E-state index in [1.165, 1.54) is 21.2 Å². The van der Waals surface area contributed by atoms with Gasteiger partial charge in [-0.3, -0.25) is 0 Å². The molecule has 17 heavy (non-hydrogen) atoms. The van der Waals surface area contributed by atoms with E-state index in [0.717, 1.165) is 13.1 Å². The SMILES string of the molecule is CCC1CNC(C)CN1c1cccc(I)c1C. The molecule has 3 heteroatoms. The Labute approximate surface area is 118 Å². The topological polar surface area (TPSA) is 15.3 Å². The highest BCUT2D eigenvalue weighted by Gasteiger charge is 2.25. The molecule has 0 spiro atoms. The minimum Gasteiger partial charge on any atom is -0.365 e. The van der Waals surface area contributed by atoms with Crippen LogP contribution in [0.25, 0.3) is 0 Å². The van der Waals surface area contributed by atoms with Crippen molar-refractivity contribution in [2.45, 2.75) is 39.3 Å². The minimum absolute atomic E-state index is 0.579. The summed E-state index contributed by atoms with van der Waals surface area (Å²) in [5.74, 6) is 0. The van der Waals surface area contributed by atoms with Gasteiger partial charge in [-0.15, -0.1) is 0 Å². The third-order valence-corrected chi connectivity index (χ3v) is 4.80. The first-order chi connectivity index (χ1) is 8.13. The van der Waals surface area contributed by atoms with Crippen molar-refractivity contribution in [1.82, 2.24) is 5.32 Å². The van der Waals surface area contributed by atoms with Crippen LogP contribution in [0.5, 0.6) is 0 Å². The molecule has 0 aromatic heterocycles. The molecule has 2 atom stereocenters. The van der Waals surface area contributed by atoms with Gasteiger partial charge in [-0.2, -0.15) is 0 Å². The van der Waals surface area contributed by atoms with Crippen LogP contribution in [0.3, 0.4) is 0 Å². The Kier molecular flexibility index (Phi) is 4.31. The Balaban J connectivity index is 2.32. The highest BCUT2D eigenvalue weighted by atomic mass is 127. The average molecular weight is 344 g/mol. The van der Waals surface area contributed by atoms with E-state index in [1.807, 2.05) is 0 Å². The van der Waals surface area contributed by atoms with Gasteiger partial charge in [-0.25, -0.2) is 0 Å². The maximum absolute atomic E-state index is 3.57. The van der Waals surface area contributed by atoms with E-state index < -0.39 is 0 Å². The van der Waals surface area contributed by atoms with Gasteiger partial charge in [0, 0.05) is 34.4 Å². The second kappa shape index (κ2) is 5.57. The van der Waals surface area contributed by atoms with Gasteiger partial charge in [0.1, 0.15) is 0 Å². The third kappa shape index (κ3) is 2.76. The molecule has 1 fully saturated rings. The second-order valence-corrected chi connectivity index (χ2v) is 6.07. The lowest BCUT2D eigenvalue weighted by atomic mass is 10.0. The summed E-state index contributed by atoms with van der Waals surface area (Å²) in [6.07, 6.45) is 1.20. The van der Waals surface area contributed by atoms with Gasteiger partial charge < -0.3 is 10.2 Å². The molecule has 94 valence electrons. The third-order valence-electron chi connectivity index (χ3n) is 3.63. The van der Waals surface area contributed by atoms with E-state index in [0.29, 0.717) is 12.1 Å². The van der Waals surface area contributed by atoms with Crippen LogP contribution in [0.2, 0.25) is 0 Å². The molecule has 0 radical (unpaired) electrons. The number of halogens is 1. The number of anilines is 1. The number of benzene rings is 1. The molecule has 1 aromatic rings. The summed E-state index contributed by atoms with van der Waals surface area (Å²) in [5, 5.41) is 3.57. The predicted octanol–water partition coefficient (Wildman–Crippen LogP) is 3.18. The maximum atomic E-state index is 3.57. The van der Waals surface area contributed by atoms with Crippen LogP contribution >= 0.6 is 22.6 Å². The fourth-order valence-electron chi connectivity index (χ4n) is 2.52. The minimum atomic E-state index is 0.579. The van der Waals surface area contributed by atoms with Gasteiger partial charge >= 0.3 is 0 Å². The van der Waals surface area contributed by atoms with Crippen molar-refractivity contribution in [3.05, 3.63) is 27.3 Å². The van der Waals surface area contributed by atoms with Gasteiger partial charge in [0.05, 0.1) is 0 Å². The first-order valence-corrected chi connectivity index (χ1v) is 7.46. The standard InChI is InChI=1S/C14H21IN2/c1-4-12-8-16-10(2)9-17(12)14-7-5-6-13(15)11(14)3/h5-7,10,12,16H,4,8-9H2,1-3H3. The lowest BCUT2D eigenvalue weighted by molar-refractivity contribution is 0.402. The number of piperazine rings is 1. The van der Waals surface area contributed by atoms with Crippen LogP contribution in [0.15, 0.2) is 18.2 Å². The molecule has 1 N–H and O–H groups in total. The van der Waals surface area contributed by atoms with Crippen molar-refractivity contribution in [1.29, 1.82) is 0 Å². The maximum Gasteiger partial charge on any atom is 0.0412 e. The molecule has 1 saturated heterocycles. The summed E-state index contributed by atoms with van der Waals surface area (Å²) in [4.78, 5) is 2.58. The number of hydrogen-bond acceptors (Lipinski definition) is 2. The molecular weight excluding hydrogens is 323 g/mol. The van der Waals surface area contributed by atoms with Crippen molar-refractivity contribution < 1.29 is 0 Å². The summed E-state index contributed by atoms with van der Waals surface area (Å²) in [6.45, 7) is 8.99. The number of rotatable bonds is 2. The molecular formula is C14H21IN2. The molecule has 0 saturated carbocycles. The van der Waals surface area contributed by atoms with E-state index in [4.69, 9.17) is 0 Å².